The average Bonchev–Trinajstić information content (AvgIpc) is 2.84. The van der Waals surface area contributed by atoms with Gasteiger partial charge in [-0.3, -0.25) is 4.79 Å². The third-order valence-electron chi connectivity index (χ3n) is 6.25. The van der Waals surface area contributed by atoms with E-state index in [1.165, 1.54) is 39.5 Å². The van der Waals surface area contributed by atoms with Crippen molar-refractivity contribution in [2.24, 2.45) is 5.92 Å². The third-order valence-corrected chi connectivity index (χ3v) is 8.10. The topological polar surface area (TPSA) is 113 Å². The van der Waals surface area contributed by atoms with Gasteiger partial charge >= 0.3 is 5.97 Å². The van der Waals surface area contributed by atoms with Crippen molar-refractivity contribution < 1.29 is 32.6 Å². The molecule has 9 nitrogen and oxygen atoms in total. The van der Waals surface area contributed by atoms with Crippen LogP contribution in [0.15, 0.2) is 47.4 Å². The predicted molar refractivity (Wildman–Crippen MR) is 130 cm³/mol. The van der Waals surface area contributed by atoms with Crippen molar-refractivity contribution in [1.29, 1.82) is 0 Å². The highest BCUT2D eigenvalue weighted by Crippen LogP contribution is 2.34. The SMILES string of the molecule is COc1ccc(S(=O)(=O)N2Cc3ccccc3C[C@H]2C(=O)N(C)C(CC(C)C)C(=O)O)cc1OC. The van der Waals surface area contributed by atoms with Crippen LogP contribution in [0.3, 0.4) is 0 Å². The zero-order valence-electron chi connectivity index (χ0n) is 20.6. The fraction of sp³-hybridized carbons (Fsp3) is 0.440. The molecule has 1 N–H and O–H groups in total. The van der Waals surface area contributed by atoms with Crippen LogP contribution in [0.5, 0.6) is 11.5 Å². The minimum absolute atomic E-state index is 0.0149. The number of hydrogen-bond donors (Lipinski definition) is 1. The average molecular weight is 505 g/mol. The van der Waals surface area contributed by atoms with Crippen molar-refractivity contribution in [1.82, 2.24) is 9.21 Å². The fourth-order valence-corrected chi connectivity index (χ4v) is 5.91. The van der Waals surface area contributed by atoms with Crippen molar-refractivity contribution in [2.45, 2.75) is 50.2 Å². The summed E-state index contributed by atoms with van der Waals surface area (Å²) in [7, 11) is 0.128. The van der Waals surface area contributed by atoms with Crippen LogP contribution in [0.4, 0.5) is 0 Å². The molecule has 35 heavy (non-hydrogen) atoms. The summed E-state index contributed by atoms with van der Waals surface area (Å²) in [6.07, 6.45) is 0.392. The number of carbonyl (C=O) groups is 2. The Morgan fingerprint density at radius 1 is 1.09 bits per heavy atom. The molecule has 2 aromatic rings. The van der Waals surface area contributed by atoms with E-state index in [4.69, 9.17) is 9.47 Å². The van der Waals surface area contributed by atoms with Crippen LogP contribution < -0.4 is 9.47 Å². The Bertz CT molecular complexity index is 1200. The van der Waals surface area contributed by atoms with Crippen LogP contribution in [-0.2, 0) is 32.6 Å². The van der Waals surface area contributed by atoms with Crippen LogP contribution in [0.2, 0.25) is 0 Å². The number of aliphatic carboxylic acids is 1. The number of sulfonamides is 1. The molecule has 0 aromatic heterocycles. The molecule has 3 rings (SSSR count). The summed E-state index contributed by atoms with van der Waals surface area (Å²) in [5, 5.41) is 9.76. The molecule has 10 heteroatoms. The van der Waals surface area contributed by atoms with Gasteiger partial charge in [-0.2, -0.15) is 4.31 Å². The predicted octanol–water partition coefficient (Wildman–Crippen LogP) is 2.78. The lowest BCUT2D eigenvalue weighted by Crippen LogP contribution is -2.56. The number of methoxy groups -OCH3 is 2. The van der Waals surface area contributed by atoms with E-state index in [1.54, 1.807) is 0 Å². The van der Waals surface area contributed by atoms with Gasteiger partial charge in [-0.25, -0.2) is 13.2 Å². The second-order valence-corrected chi connectivity index (χ2v) is 10.9. The van der Waals surface area contributed by atoms with E-state index in [-0.39, 0.29) is 35.9 Å². The number of likely N-dealkylation sites (N-methyl/N-ethyl adjacent to an activating group) is 1. The Balaban J connectivity index is 2.06. The first-order valence-corrected chi connectivity index (χ1v) is 12.7. The molecule has 0 radical (unpaired) electrons. The molecule has 1 aliphatic rings. The quantitative estimate of drug-likeness (QED) is 0.559. The van der Waals surface area contributed by atoms with E-state index in [9.17, 15) is 23.1 Å². The summed E-state index contributed by atoms with van der Waals surface area (Å²) in [6.45, 7) is 3.73. The van der Waals surface area contributed by atoms with E-state index in [1.807, 2.05) is 38.1 Å². The number of carboxylic acid groups (broad SMARTS) is 1. The molecule has 190 valence electrons. The van der Waals surface area contributed by atoms with Gasteiger partial charge < -0.3 is 19.5 Å². The van der Waals surface area contributed by atoms with Crippen molar-refractivity contribution >= 4 is 21.9 Å². The number of carboxylic acids is 1. The molecule has 0 saturated heterocycles. The van der Waals surface area contributed by atoms with Gasteiger partial charge in [-0.05, 0) is 42.0 Å². The summed E-state index contributed by atoms with van der Waals surface area (Å²) in [4.78, 5) is 26.7. The van der Waals surface area contributed by atoms with Crippen molar-refractivity contribution in [3.8, 4) is 11.5 Å². The van der Waals surface area contributed by atoms with Crippen LogP contribution in [0.25, 0.3) is 0 Å². The molecule has 1 amide bonds. The van der Waals surface area contributed by atoms with E-state index >= 15 is 0 Å². The van der Waals surface area contributed by atoms with Gasteiger partial charge in [-0.1, -0.05) is 38.1 Å². The lowest BCUT2D eigenvalue weighted by Gasteiger charge is -2.38. The molecule has 0 saturated carbocycles. The number of fused-ring (bicyclic) bond motifs is 1. The first kappa shape index (κ1) is 26.5. The molecule has 1 aliphatic heterocycles. The zero-order chi connectivity index (χ0) is 25.9. The number of rotatable bonds is 9. The summed E-state index contributed by atoms with van der Waals surface area (Å²) in [5.74, 6) is -1.03. The lowest BCUT2D eigenvalue weighted by molar-refractivity contribution is -0.151. The fourth-order valence-electron chi connectivity index (χ4n) is 4.33. The number of amides is 1. The van der Waals surface area contributed by atoms with E-state index < -0.39 is 34.0 Å². The maximum absolute atomic E-state index is 13.8. The van der Waals surface area contributed by atoms with Gasteiger partial charge in [0.05, 0.1) is 19.1 Å². The Hall–Kier alpha value is -3.11. The van der Waals surface area contributed by atoms with Crippen molar-refractivity contribution in [3.05, 3.63) is 53.6 Å². The zero-order valence-corrected chi connectivity index (χ0v) is 21.4. The number of benzene rings is 2. The molecule has 0 spiro atoms. The minimum atomic E-state index is -4.16. The summed E-state index contributed by atoms with van der Waals surface area (Å²) in [5.41, 5.74) is 1.65. The minimum Gasteiger partial charge on any atom is -0.493 e. The van der Waals surface area contributed by atoms with Crippen LogP contribution in [0, 0.1) is 5.92 Å². The smallest absolute Gasteiger partial charge is 0.326 e. The molecule has 1 heterocycles. The van der Waals surface area contributed by atoms with Crippen LogP contribution in [0.1, 0.15) is 31.4 Å². The van der Waals surface area contributed by atoms with Gasteiger partial charge in [0, 0.05) is 19.7 Å². The molecular weight excluding hydrogens is 472 g/mol. The highest BCUT2D eigenvalue weighted by Gasteiger charge is 2.42. The lowest BCUT2D eigenvalue weighted by atomic mass is 9.94. The third kappa shape index (κ3) is 5.43. The Morgan fingerprint density at radius 3 is 2.29 bits per heavy atom. The van der Waals surface area contributed by atoms with Gasteiger partial charge in [0.2, 0.25) is 15.9 Å². The Morgan fingerprint density at radius 2 is 1.71 bits per heavy atom. The first-order chi connectivity index (χ1) is 16.5. The number of carbonyl (C=O) groups excluding carboxylic acids is 1. The summed E-state index contributed by atoms with van der Waals surface area (Å²) in [6, 6.07) is 9.44. The first-order valence-electron chi connectivity index (χ1n) is 11.3. The van der Waals surface area contributed by atoms with Crippen molar-refractivity contribution in [2.75, 3.05) is 21.3 Å². The molecule has 1 unspecified atom stereocenters. The molecule has 2 atom stereocenters. The highest BCUT2D eigenvalue weighted by atomic mass is 32.2. The Kier molecular flexibility index (Phi) is 8.07. The molecule has 0 bridgehead atoms. The largest absolute Gasteiger partial charge is 0.493 e. The van der Waals surface area contributed by atoms with Gasteiger partial charge in [0.25, 0.3) is 0 Å². The molecular formula is C25H32N2O7S. The maximum atomic E-state index is 13.8. The second kappa shape index (κ2) is 10.7. The van der Waals surface area contributed by atoms with Crippen LogP contribution in [-0.4, -0.2) is 68.0 Å². The van der Waals surface area contributed by atoms with Gasteiger partial charge in [0.15, 0.2) is 11.5 Å². The van der Waals surface area contributed by atoms with E-state index in [2.05, 4.69) is 0 Å². The highest BCUT2D eigenvalue weighted by molar-refractivity contribution is 7.89. The van der Waals surface area contributed by atoms with E-state index in [0.717, 1.165) is 20.3 Å². The van der Waals surface area contributed by atoms with Gasteiger partial charge in [0.1, 0.15) is 12.1 Å². The van der Waals surface area contributed by atoms with E-state index in [0.29, 0.717) is 5.75 Å². The Labute approximate surface area is 206 Å². The normalized spacial score (nSPS) is 16.9. The summed E-state index contributed by atoms with van der Waals surface area (Å²) < 4.78 is 39.3. The number of hydrogen-bond acceptors (Lipinski definition) is 6. The monoisotopic (exact) mass is 504 g/mol. The number of ether oxygens (including phenoxy) is 2. The van der Waals surface area contributed by atoms with Crippen LogP contribution >= 0.6 is 0 Å². The summed E-state index contributed by atoms with van der Waals surface area (Å²) >= 11 is 0. The standard InChI is InChI=1S/C25H32N2O7S/c1-16(2)12-21(25(29)30)26(3)24(28)20-13-17-8-6-7-9-18(17)15-27(20)35(31,32)19-10-11-22(33-4)23(14-19)34-5/h6-11,14,16,20-21H,12-13,15H2,1-5H3,(H,29,30)/t20-,21?/m0/s1. The number of nitrogens with zero attached hydrogens (tertiary/aromatic N) is 2. The maximum Gasteiger partial charge on any atom is 0.326 e. The van der Waals surface area contributed by atoms with Crippen molar-refractivity contribution in [3.63, 3.8) is 0 Å². The van der Waals surface area contributed by atoms with Gasteiger partial charge in [-0.15, -0.1) is 0 Å². The molecule has 0 aliphatic carbocycles. The second-order valence-electron chi connectivity index (χ2n) is 8.99. The molecule has 0 fully saturated rings. The molecule has 2 aromatic carbocycles.